The topological polar surface area (TPSA) is 50.5 Å². The van der Waals surface area contributed by atoms with Gasteiger partial charge in [-0.25, -0.2) is 4.39 Å². The Bertz CT molecular complexity index is 527. The molecule has 0 aromatic heterocycles. The van der Waals surface area contributed by atoms with Crippen LogP contribution in [0.1, 0.15) is 25.8 Å². The van der Waals surface area contributed by atoms with Gasteiger partial charge in [-0.3, -0.25) is 4.90 Å². The van der Waals surface area contributed by atoms with Gasteiger partial charge in [0.2, 0.25) is 0 Å². The number of nitriles is 1. The zero-order valence-corrected chi connectivity index (χ0v) is 12.6. The zero-order chi connectivity index (χ0) is 15.4. The van der Waals surface area contributed by atoms with Crippen LogP contribution < -0.4 is 4.90 Å². The highest BCUT2D eigenvalue weighted by Crippen LogP contribution is 2.26. The summed E-state index contributed by atoms with van der Waals surface area (Å²) < 4.78 is 13.7. The lowest BCUT2D eigenvalue weighted by Gasteiger charge is -2.43. The SMILES string of the molecule is CCC1CN(c2cccc(F)c2C#N)CCN1CC(C)O. The van der Waals surface area contributed by atoms with E-state index in [1.165, 1.54) is 6.07 Å². The van der Waals surface area contributed by atoms with Gasteiger partial charge in [-0.05, 0) is 25.5 Å². The monoisotopic (exact) mass is 291 g/mol. The lowest BCUT2D eigenvalue weighted by molar-refractivity contribution is 0.0885. The zero-order valence-electron chi connectivity index (χ0n) is 12.6. The first-order valence-electron chi connectivity index (χ1n) is 7.42. The van der Waals surface area contributed by atoms with E-state index in [4.69, 9.17) is 5.26 Å². The molecule has 0 saturated carbocycles. The number of aliphatic hydroxyl groups is 1. The number of anilines is 1. The average molecular weight is 291 g/mol. The quantitative estimate of drug-likeness (QED) is 0.921. The highest BCUT2D eigenvalue weighted by atomic mass is 19.1. The average Bonchev–Trinajstić information content (AvgIpc) is 2.47. The summed E-state index contributed by atoms with van der Waals surface area (Å²) in [4.78, 5) is 4.35. The summed E-state index contributed by atoms with van der Waals surface area (Å²) in [6, 6.07) is 7.05. The number of halogens is 1. The van der Waals surface area contributed by atoms with Crippen molar-refractivity contribution in [2.24, 2.45) is 0 Å². The Morgan fingerprint density at radius 2 is 2.24 bits per heavy atom. The minimum absolute atomic E-state index is 0.122. The van der Waals surface area contributed by atoms with Crippen molar-refractivity contribution in [3.05, 3.63) is 29.6 Å². The van der Waals surface area contributed by atoms with Gasteiger partial charge < -0.3 is 10.0 Å². The number of hydrogen-bond donors (Lipinski definition) is 1. The molecular formula is C16H22FN3O. The molecule has 0 spiro atoms. The standard InChI is InChI=1S/C16H22FN3O/c1-3-13-11-20(8-7-19(13)10-12(2)21)16-6-4-5-15(17)14(16)9-18/h4-6,12-13,21H,3,7-8,10-11H2,1-2H3. The van der Waals surface area contributed by atoms with Gasteiger partial charge in [-0.2, -0.15) is 5.26 Å². The fraction of sp³-hybridized carbons (Fsp3) is 0.562. The van der Waals surface area contributed by atoms with Gasteiger partial charge in [0.1, 0.15) is 17.4 Å². The van der Waals surface area contributed by atoms with Crippen molar-refractivity contribution in [1.82, 2.24) is 4.90 Å². The fourth-order valence-electron chi connectivity index (χ4n) is 2.97. The van der Waals surface area contributed by atoms with Crippen molar-refractivity contribution in [3.63, 3.8) is 0 Å². The van der Waals surface area contributed by atoms with E-state index in [1.807, 2.05) is 6.07 Å². The molecule has 0 radical (unpaired) electrons. The third-order valence-electron chi connectivity index (χ3n) is 4.02. The van der Waals surface area contributed by atoms with Crippen molar-refractivity contribution in [2.75, 3.05) is 31.1 Å². The van der Waals surface area contributed by atoms with E-state index in [1.54, 1.807) is 19.1 Å². The highest BCUT2D eigenvalue weighted by molar-refractivity contribution is 5.60. The third kappa shape index (κ3) is 3.52. The molecule has 0 aliphatic carbocycles. The van der Waals surface area contributed by atoms with Gasteiger partial charge in [-0.15, -0.1) is 0 Å². The van der Waals surface area contributed by atoms with E-state index in [0.29, 0.717) is 18.3 Å². The molecule has 1 aromatic carbocycles. The molecule has 114 valence electrons. The van der Waals surface area contributed by atoms with E-state index >= 15 is 0 Å². The second-order valence-corrected chi connectivity index (χ2v) is 5.60. The Morgan fingerprint density at radius 1 is 1.48 bits per heavy atom. The van der Waals surface area contributed by atoms with Gasteiger partial charge in [0.05, 0.1) is 11.8 Å². The first-order chi connectivity index (χ1) is 10.1. The molecule has 2 rings (SSSR count). The number of hydrogen-bond acceptors (Lipinski definition) is 4. The smallest absolute Gasteiger partial charge is 0.143 e. The van der Waals surface area contributed by atoms with E-state index in [9.17, 15) is 9.50 Å². The Labute approximate surface area is 125 Å². The van der Waals surface area contributed by atoms with Gasteiger partial charge in [0, 0.05) is 32.2 Å². The Morgan fingerprint density at radius 3 is 2.86 bits per heavy atom. The van der Waals surface area contributed by atoms with Gasteiger partial charge in [-0.1, -0.05) is 13.0 Å². The van der Waals surface area contributed by atoms with E-state index < -0.39 is 5.82 Å². The molecule has 1 saturated heterocycles. The molecule has 1 aliphatic heterocycles. The number of nitrogens with zero attached hydrogens (tertiary/aromatic N) is 3. The molecular weight excluding hydrogens is 269 g/mol. The first-order valence-corrected chi connectivity index (χ1v) is 7.42. The minimum Gasteiger partial charge on any atom is -0.392 e. The predicted molar refractivity (Wildman–Crippen MR) is 80.7 cm³/mol. The molecule has 0 amide bonds. The second kappa shape index (κ2) is 6.88. The van der Waals surface area contributed by atoms with Crippen molar-refractivity contribution < 1.29 is 9.50 Å². The van der Waals surface area contributed by atoms with Gasteiger partial charge in [0.15, 0.2) is 0 Å². The summed E-state index contributed by atoms with van der Waals surface area (Å²) in [5.41, 5.74) is 0.795. The molecule has 2 atom stereocenters. The van der Waals surface area contributed by atoms with Crippen LogP contribution in [0.5, 0.6) is 0 Å². The van der Waals surface area contributed by atoms with Crippen molar-refractivity contribution >= 4 is 5.69 Å². The summed E-state index contributed by atoms with van der Waals surface area (Å²) in [5.74, 6) is -0.463. The lowest BCUT2D eigenvalue weighted by atomic mass is 10.1. The molecule has 21 heavy (non-hydrogen) atoms. The normalized spacial score (nSPS) is 21.1. The van der Waals surface area contributed by atoms with Crippen LogP contribution in [0.25, 0.3) is 0 Å². The Hall–Kier alpha value is -1.64. The van der Waals surface area contributed by atoms with E-state index in [-0.39, 0.29) is 11.7 Å². The summed E-state index contributed by atoms with van der Waals surface area (Å²) in [7, 11) is 0. The van der Waals surface area contributed by atoms with Crippen LogP contribution >= 0.6 is 0 Å². The first kappa shape index (κ1) is 15.7. The van der Waals surface area contributed by atoms with Crippen molar-refractivity contribution in [3.8, 4) is 6.07 Å². The van der Waals surface area contributed by atoms with Crippen molar-refractivity contribution in [2.45, 2.75) is 32.4 Å². The van der Waals surface area contributed by atoms with E-state index in [0.717, 1.165) is 26.1 Å². The van der Waals surface area contributed by atoms with Gasteiger partial charge in [0.25, 0.3) is 0 Å². The summed E-state index contributed by atoms with van der Waals surface area (Å²) in [6.07, 6.45) is 0.606. The molecule has 1 aliphatic rings. The number of piperazine rings is 1. The number of rotatable bonds is 4. The predicted octanol–water partition coefficient (Wildman–Crippen LogP) is 1.98. The molecule has 1 aromatic rings. The Kier molecular flexibility index (Phi) is 5.16. The summed E-state index contributed by atoms with van der Waals surface area (Å²) in [5, 5.41) is 18.7. The van der Waals surface area contributed by atoms with Crippen LogP contribution in [0, 0.1) is 17.1 Å². The Balaban J connectivity index is 2.18. The van der Waals surface area contributed by atoms with Crippen molar-refractivity contribution in [1.29, 1.82) is 5.26 Å². The molecule has 4 nitrogen and oxygen atoms in total. The molecule has 2 unspecified atom stereocenters. The second-order valence-electron chi connectivity index (χ2n) is 5.60. The highest BCUT2D eigenvalue weighted by Gasteiger charge is 2.28. The molecule has 1 heterocycles. The van der Waals surface area contributed by atoms with Crippen LogP contribution in [0.4, 0.5) is 10.1 Å². The number of benzene rings is 1. The van der Waals surface area contributed by atoms with Crippen LogP contribution in [0.2, 0.25) is 0 Å². The molecule has 0 bridgehead atoms. The van der Waals surface area contributed by atoms with Crippen LogP contribution in [0.15, 0.2) is 18.2 Å². The molecule has 1 N–H and O–H groups in total. The third-order valence-corrected chi connectivity index (χ3v) is 4.02. The number of aliphatic hydroxyl groups excluding tert-OH is 1. The minimum atomic E-state index is -0.463. The van der Waals surface area contributed by atoms with E-state index in [2.05, 4.69) is 16.7 Å². The van der Waals surface area contributed by atoms with Gasteiger partial charge >= 0.3 is 0 Å². The maximum atomic E-state index is 13.7. The fourth-order valence-corrected chi connectivity index (χ4v) is 2.97. The molecule has 5 heteroatoms. The van der Waals surface area contributed by atoms with Crippen LogP contribution in [-0.2, 0) is 0 Å². The van der Waals surface area contributed by atoms with Crippen LogP contribution in [-0.4, -0.2) is 48.3 Å². The van der Waals surface area contributed by atoms with Crippen LogP contribution in [0.3, 0.4) is 0 Å². The maximum Gasteiger partial charge on any atom is 0.143 e. The summed E-state index contributed by atoms with van der Waals surface area (Å²) in [6.45, 7) is 6.85. The largest absolute Gasteiger partial charge is 0.392 e. The number of β-amino-alcohol motifs (C(OH)–C–C–N with tert-alkyl or cyclic N) is 1. The molecule has 1 fully saturated rings. The maximum absolute atomic E-state index is 13.7. The lowest BCUT2D eigenvalue weighted by Crippen LogP contribution is -2.54. The summed E-state index contributed by atoms with van der Waals surface area (Å²) >= 11 is 0.